The maximum absolute atomic E-state index is 12.1. The predicted octanol–water partition coefficient (Wildman–Crippen LogP) is 2.74. The molecule has 0 aliphatic carbocycles. The van der Waals surface area contributed by atoms with Crippen molar-refractivity contribution in [3.05, 3.63) is 28.8 Å². The summed E-state index contributed by atoms with van der Waals surface area (Å²) < 4.78 is 28.6. The van der Waals surface area contributed by atoms with Crippen LogP contribution in [0.3, 0.4) is 0 Å². The minimum atomic E-state index is -2.85. The summed E-state index contributed by atoms with van der Waals surface area (Å²) in [5, 5.41) is 3.59. The monoisotopic (exact) mass is 290 g/mol. The van der Waals surface area contributed by atoms with Crippen molar-refractivity contribution >= 4 is 11.6 Å². The molecule has 0 saturated carbocycles. The van der Waals surface area contributed by atoms with Crippen LogP contribution in [0.5, 0.6) is 5.75 Å². The molecule has 19 heavy (non-hydrogen) atoms. The average molecular weight is 291 g/mol. The standard InChI is InChI=1S/C13H17ClF2N2O/c1-9-7-18(5-4-17-9)8-10-2-3-12(11(14)6-10)19-13(15)16/h2-3,6,9,13,17H,4-5,7-8H2,1H3. The van der Waals surface area contributed by atoms with Crippen molar-refractivity contribution < 1.29 is 13.5 Å². The minimum Gasteiger partial charge on any atom is -0.433 e. The molecule has 0 bridgehead atoms. The Kier molecular flexibility index (Phi) is 4.96. The molecule has 0 spiro atoms. The zero-order valence-electron chi connectivity index (χ0n) is 10.7. The molecule has 1 N–H and O–H groups in total. The summed E-state index contributed by atoms with van der Waals surface area (Å²) >= 11 is 5.93. The van der Waals surface area contributed by atoms with Crippen LogP contribution >= 0.6 is 11.6 Å². The van der Waals surface area contributed by atoms with Gasteiger partial charge in [0.15, 0.2) is 0 Å². The van der Waals surface area contributed by atoms with E-state index in [1.165, 1.54) is 6.07 Å². The molecule has 0 aromatic heterocycles. The van der Waals surface area contributed by atoms with E-state index in [0.717, 1.165) is 31.7 Å². The lowest BCUT2D eigenvalue weighted by atomic mass is 10.1. The maximum atomic E-state index is 12.1. The Morgan fingerprint density at radius 1 is 1.53 bits per heavy atom. The molecule has 1 saturated heterocycles. The van der Waals surface area contributed by atoms with Crippen LogP contribution in [0.25, 0.3) is 0 Å². The predicted molar refractivity (Wildman–Crippen MR) is 70.8 cm³/mol. The van der Waals surface area contributed by atoms with E-state index in [-0.39, 0.29) is 10.8 Å². The normalized spacial score (nSPS) is 20.8. The van der Waals surface area contributed by atoms with Crippen LogP contribution in [0, 0.1) is 0 Å². The Balaban J connectivity index is 1.99. The number of rotatable bonds is 4. The van der Waals surface area contributed by atoms with Gasteiger partial charge >= 0.3 is 6.61 Å². The fourth-order valence-corrected chi connectivity index (χ4v) is 2.50. The zero-order chi connectivity index (χ0) is 13.8. The highest BCUT2D eigenvalue weighted by molar-refractivity contribution is 6.32. The molecule has 1 aromatic rings. The molecule has 106 valence electrons. The number of benzene rings is 1. The first-order valence-corrected chi connectivity index (χ1v) is 6.61. The summed E-state index contributed by atoms with van der Waals surface area (Å²) in [5.74, 6) is 0.0223. The van der Waals surface area contributed by atoms with E-state index in [1.807, 2.05) is 0 Å². The molecule has 6 heteroatoms. The molecule has 2 rings (SSSR count). The van der Waals surface area contributed by atoms with Gasteiger partial charge in [-0.3, -0.25) is 4.90 Å². The van der Waals surface area contributed by atoms with Crippen LogP contribution in [-0.2, 0) is 6.54 Å². The lowest BCUT2D eigenvalue weighted by Crippen LogP contribution is -2.48. The van der Waals surface area contributed by atoms with Crippen LogP contribution in [-0.4, -0.2) is 37.2 Å². The topological polar surface area (TPSA) is 24.5 Å². The summed E-state index contributed by atoms with van der Waals surface area (Å²) in [6, 6.07) is 5.42. The third-order valence-corrected chi connectivity index (χ3v) is 3.37. The van der Waals surface area contributed by atoms with Crippen LogP contribution in [0.2, 0.25) is 5.02 Å². The van der Waals surface area contributed by atoms with Crippen molar-refractivity contribution in [2.75, 3.05) is 19.6 Å². The van der Waals surface area contributed by atoms with E-state index >= 15 is 0 Å². The largest absolute Gasteiger partial charge is 0.433 e. The number of piperazine rings is 1. The molecule has 1 fully saturated rings. The Morgan fingerprint density at radius 2 is 2.32 bits per heavy atom. The van der Waals surface area contributed by atoms with Gasteiger partial charge < -0.3 is 10.1 Å². The van der Waals surface area contributed by atoms with E-state index in [1.54, 1.807) is 12.1 Å². The maximum Gasteiger partial charge on any atom is 0.387 e. The fourth-order valence-electron chi connectivity index (χ4n) is 2.25. The van der Waals surface area contributed by atoms with Crippen molar-refractivity contribution in [3.63, 3.8) is 0 Å². The van der Waals surface area contributed by atoms with Crippen LogP contribution in [0.4, 0.5) is 8.78 Å². The van der Waals surface area contributed by atoms with Crippen LogP contribution in [0.1, 0.15) is 12.5 Å². The molecule has 1 unspecified atom stereocenters. The fraction of sp³-hybridized carbons (Fsp3) is 0.538. The van der Waals surface area contributed by atoms with Crippen molar-refractivity contribution in [2.45, 2.75) is 26.1 Å². The third kappa shape index (κ3) is 4.30. The summed E-state index contributed by atoms with van der Waals surface area (Å²) in [4.78, 5) is 2.31. The van der Waals surface area contributed by atoms with Crippen LogP contribution < -0.4 is 10.1 Å². The summed E-state index contributed by atoms with van der Waals surface area (Å²) in [7, 11) is 0. The Morgan fingerprint density at radius 3 is 2.95 bits per heavy atom. The molecule has 1 aromatic carbocycles. The van der Waals surface area contributed by atoms with Gasteiger partial charge in [-0.25, -0.2) is 0 Å². The quantitative estimate of drug-likeness (QED) is 0.923. The first kappa shape index (κ1) is 14.5. The molecule has 1 aliphatic rings. The van der Waals surface area contributed by atoms with Crippen molar-refractivity contribution in [2.24, 2.45) is 0 Å². The highest BCUT2D eigenvalue weighted by Crippen LogP contribution is 2.27. The molecule has 1 atom stereocenters. The van der Waals surface area contributed by atoms with Gasteiger partial charge in [0, 0.05) is 32.2 Å². The molecule has 1 aliphatic heterocycles. The van der Waals surface area contributed by atoms with Crippen molar-refractivity contribution in [1.82, 2.24) is 10.2 Å². The van der Waals surface area contributed by atoms with Crippen molar-refractivity contribution in [3.8, 4) is 5.75 Å². The second kappa shape index (κ2) is 6.50. The van der Waals surface area contributed by atoms with Gasteiger partial charge in [-0.05, 0) is 24.6 Å². The van der Waals surface area contributed by atoms with E-state index in [9.17, 15) is 8.78 Å². The smallest absolute Gasteiger partial charge is 0.387 e. The van der Waals surface area contributed by atoms with E-state index < -0.39 is 6.61 Å². The molecule has 3 nitrogen and oxygen atoms in total. The molecule has 1 heterocycles. The number of nitrogens with zero attached hydrogens (tertiary/aromatic N) is 1. The first-order chi connectivity index (χ1) is 9.04. The Hall–Kier alpha value is -0.910. The van der Waals surface area contributed by atoms with Gasteiger partial charge in [0.2, 0.25) is 0 Å². The Bertz CT molecular complexity index is 431. The van der Waals surface area contributed by atoms with E-state index in [2.05, 4.69) is 21.9 Å². The lowest BCUT2D eigenvalue weighted by Gasteiger charge is -2.31. The van der Waals surface area contributed by atoms with Gasteiger partial charge in [0.1, 0.15) is 5.75 Å². The van der Waals surface area contributed by atoms with E-state index in [4.69, 9.17) is 11.6 Å². The summed E-state index contributed by atoms with van der Waals surface area (Å²) in [6.07, 6.45) is 0. The molecular formula is C13H17ClF2N2O. The number of hydrogen-bond acceptors (Lipinski definition) is 3. The molecule has 0 radical (unpaired) electrons. The third-order valence-electron chi connectivity index (χ3n) is 3.07. The van der Waals surface area contributed by atoms with E-state index in [0.29, 0.717) is 6.04 Å². The average Bonchev–Trinajstić information content (AvgIpc) is 2.32. The second-order valence-corrected chi connectivity index (χ2v) is 5.14. The molecule has 0 amide bonds. The number of hydrogen-bond donors (Lipinski definition) is 1. The Labute approximate surface area is 116 Å². The first-order valence-electron chi connectivity index (χ1n) is 6.23. The van der Waals surface area contributed by atoms with Gasteiger partial charge in [0.05, 0.1) is 5.02 Å². The minimum absolute atomic E-state index is 0.0223. The second-order valence-electron chi connectivity index (χ2n) is 4.73. The van der Waals surface area contributed by atoms with Crippen LogP contribution in [0.15, 0.2) is 18.2 Å². The zero-order valence-corrected chi connectivity index (χ0v) is 11.5. The number of nitrogens with one attached hydrogen (secondary N) is 1. The lowest BCUT2D eigenvalue weighted by molar-refractivity contribution is -0.0498. The highest BCUT2D eigenvalue weighted by Gasteiger charge is 2.16. The van der Waals surface area contributed by atoms with Crippen molar-refractivity contribution in [1.29, 1.82) is 0 Å². The highest BCUT2D eigenvalue weighted by atomic mass is 35.5. The summed E-state index contributed by atoms with van der Waals surface area (Å²) in [6.45, 7) is 2.95. The molecular weight excluding hydrogens is 274 g/mol. The number of ether oxygens (including phenoxy) is 1. The van der Waals surface area contributed by atoms with Gasteiger partial charge in [-0.1, -0.05) is 17.7 Å². The number of halogens is 3. The number of alkyl halides is 2. The SMILES string of the molecule is CC1CN(Cc2ccc(OC(F)F)c(Cl)c2)CCN1. The van der Waals surface area contributed by atoms with Gasteiger partial charge in [-0.2, -0.15) is 8.78 Å². The van der Waals surface area contributed by atoms with Gasteiger partial charge in [-0.15, -0.1) is 0 Å². The summed E-state index contributed by atoms with van der Waals surface area (Å²) in [5.41, 5.74) is 1.00. The van der Waals surface area contributed by atoms with Gasteiger partial charge in [0.25, 0.3) is 0 Å².